The lowest BCUT2D eigenvalue weighted by Crippen LogP contribution is -2.49. The van der Waals surface area contributed by atoms with Gasteiger partial charge in [0.15, 0.2) is 0 Å². The van der Waals surface area contributed by atoms with Gasteiger partial charge in [-0.3, -0.25) is 4.79 Å². The van der Waals surface area contributed by atoms with Gasteiger partial charge in [-0.15, -0.1) is 0 Å². The van der Waals surface area contributed by atoms with Crippen molar-refractivity contribution in [3.63, 3.8) is 0 Å². The molecule has 1 aliphatic carbocycles. The van der Waals surface area contributed by atoms with Crippen molar-refractivity contribution < 1.29 is 9.90 Å². The molecule has 0 bridgehead atoms. The molecule has 2 aromatic rings. The molecular weight excluding hydrogens is 396 g/mol. The van der Waals surface area contributed by atoms with E-state index in [0.717, 1.165) is 56.4 Å². The van der Waals surface area contributed by atoms with Crippen LogP contribution >= 0.6 is 0 Å². The summed E-state index contributed by atoms with van der Waals surface area (Å²) in [6, 6.07) is 20.0. The predicted molar refractivity (Wildman–Crippen MR) is 129 cm³/mol. The van der Waals surface area contributed by atoms with E-state index in [9.17, 15) is 9.90 Å². The Labute approximate surface area is 191 Å². The smallest absolute Gasteiger partial charge is 0.232 e. The Morgan fingerprint density at radius 2 is 1.53 bits per heavy atom. The average Bonchev–Trinajstić information content (AvgIpc) is 2.82. The van der Waals surface area contributed by atoms with Gasteiger partial charge >= 0.3 is 0 Å². The van der Waals surface area contributed by atoms with Crippen LogP contribution in [0.1, 0.15) is 49.7 Å². The average molecular weight is 431 g/mol. The fourth-order valence-electron chi connectivity index (χ4n) is 4.86. The maximum Gasteiger partial charge on any atom is 0.232 e. The van der Waals surface area contributed by atoms with Gasteiger partial charge in [-0.1, -0.05) is 78.4 Å². The summed E-state index contributed by atoms with van der Waals surface area (Å²) in [7, 11) is 0. The van der Waals surface area contributed by atoms with Crippen LogP contribution in [0.4, 0.5) is 0 Å². The van der Waals surface area contributed by atoms with Gasteiger partial charge in [0, 0.05) is 19.6 Å². The van der Waals surface area contributed by atoms with Crippen LogP contribution in [0.2, 0.25) is 0 Å². The van der Waals surface area contributed by atoms with Gasteiger partial charge in [0.25, 0.3) is 0 Å². The first kappa shape index (κ1) is 22.5. The third-order valence-corrected chi connectivity index (χ3v) is 6.65. The van der Waals surface area contributed by atoms with E-state index >= 15 is 0 Å². The molecule has 1 fully saturated rings. The Kier molecular flexibility index (Phi) is 7.56. The van der Waals surface area contributed by atoms with Gasteiger partial charge in [-0.25, -0.2) is 0 Å². The largest absolute Gasteiger partial charge is 0.393 e. The number of hydrogen-bond donors (Lipinski definition) is 2. The van der Waals surface area contributed by atoms with Crippen LogP contribution in [-0.4, -0.2) is 47.7 Å². The highest BCUT2D eigenvalue weighted by Gasteiger charge is 2.29. The second-order valence-corrected chi connectivity index (χ2v) is 8.97. The molecule has 168 valence electrons. The van der Waals surface area contributed by atoms with Crippen LogP contribution in [0.15, 0.2) is 84.0 Å². The molecule has 0 aromatic heterocycles. The summed E-state index contributed by atoms with van der Waals surface area (Å²) in [6.07, 6.45) is 8.03. The number of aliphatic hydroxyl groups is 1. The lowest BCUT2D eigenvalue weighted by atomic mass is 9.88. The molecule has 1 unspecified atom stereocenters. The second-order valence-electron chi connectivity index (χ2n) is 8.97. The predicted octanol–water partition coefficient (Wildman–Crippen LogP) is 4.43. The van der Waals surface area contributed by atoms with Crippen molar-refractivity contribution in [1.82, 2.24) is 10.2 Å². The number of piperidine rings is 1. The quantitative estimate of drug-likeness (QED) is 0.683. The van der Waals surface area contributed by atoms with Crippen molar-refractivity contribution in [2.45, 2.75) is 50.7 Å². The van der Waals surface area contributed by atoms with E-state index in [1.165, 1.54) is 11.1 Å². The van der Waals surface area contributed by atoms with Crippen molar-refractivity contribution in [3.05, 3.63) is 95.1 Å². The summed E-state index contributed by atoms with van der Waals surface area (Å²) in [5.41, 5.74) is 4.49. The first-order valence-electron chi connectivity index (χ1n) is 11.8. The Balaban J connectivity index is 1.60. The van der Waals surface area contributed by atoms with Gasteiger partial charge < -0.3 is 15.3 Å². The maximum atomic E-state index is 13.8. The van der Waals surface area contributed by atoms with E-state index in [1.54, 1.807) is 0 Å². The van der Waals surface area contributed by atoms with Crippen LogP contribution in [-0.2, 0) is 4.79 Å². The number of carbonyl (C=O) groups is 1. The summed E-state index contributed by atoms with van der Waals surface area (Å²) in [5, 5.41) is 13.3. The zero-order valence-electron chi connectivity index (χ0n) is 18.9. The fraction of sp³-hybridized carbons (Fsp3) is 0.393. The van der Waals surface area contributed by atoms with Gasteiger partial charge in [0.1, 0.15) is 0 Å². The Hall–Kier alpha value is -2.69. The third-order valence-electron chi connectivity index (χ3n) is 6.65. The molecule has 0 radical (unpaired) electrons. The molecule has 2 aliphatic rings. The normalized spacial score (nSPS) is 18.7. The van der Waals surface area contributed by atoms with Crippen molar-refractivity contribution in [2.75, 3.05) is 19.6 Å². The third kappa shape index (κ3) is 5.56. The van der Waals surface area contributed by atoms with Crippen LogP contribution in [0.5, 0.6) is 0 Å². The molecule has 2 aromatic carbocycles. The molecule has 4 rings (SSSR count). The fourth-order valence-corrected chi connectivity index (χ4v) is 4.86. The molecule has 1 heterocycles. The zero-order valence-corrected chi connectivity index (χ0v) is 18.9. The number of carbonyl (C=O) groups excluding carboxylic acids is 1. The Morgan fingerprint density at radius 3 is 2.09 bits per heavy atom. The number of likely N-dealkylation sites (tertiary alicyclic amines) is 1. The minimum absolute atomic E-state index is 0.0312. The van der Waals surface area contributed by atoms with E-state index in [-0.39, 0.29) is 24.0 Å². The number of rotatable bonds is 7. The summed E-state index contributed by atoms with van der Waals surface area (Å²) >= 11 is 0. The van der Waals surface area contributed by atoms with E-state index in [0.29, 0.717) is 0 Å². The highest BCUT2D eigenvalue weighted by molar-refractivity contribution is 5.87. The monoisotopic (exact) mass is 430 g/mol. The molecule has 4 heteroatoms. The number of allylic oxidation sites excluding steroid dienone is 2. The van der Waals surface area contributed by atoms with Gasteiger partial charge in [0.05, 0.1) is 18.1 Å². The molecule has 1 saturated heterocycles. The number of hydrogen-bond acceptors (Lipinski definition) is 3. The van der Waals surface area contributed by atoms with Crippen LogP contribution in [0.3, 0.4) is 0 Å². The van der Waals surface area contributed by atoms with Crippen molar-refractivity contribution in [2.24, 2.45) is 0 Å². The SMILES string of the molecule is CC1=CCCC=C1C(CN1CCC(O)CC1)NC(=O)C(c1ccccc1)c1ccccc1. The minimum Gasteiger partial charge on any atom is -0.393 e. The number of benzene rings is 2. The molecule has 1 aliphatic heterocycles. The molecule has 1 amide bonds. The molecule has 4 nitrogen and oxygen atoms in total. The van der Waals surface area contributed by atoms with E-state index in [4.69, 9.17) is 0 Å². The Morgan fingerprint density at radius 1 is 0.969 bits per heavy atom. The number of nitrogens with zero attached hydrogens (tertiary/aromatic N) is 1. The van der Waals surface area contributed by atoms with Crippen molar-refractivity contribution in [1.29, 1.82) is 0 Å². The summed E-state index contributed by atoms with van der Waals surface area (Å²) in [4.78, 5) is 16.2. The molecule has 0 spiro atoms. The first-order valence-corrected chi connectivity index (χ1v) is 11.8. The lowest BCUT2D eigenvalue weighted by Gasteiger charge is -2.35. The Bertz CT molecular complexity index is 904. The van der Waals surface area contributed by atoms with E-state index in [1.807, 2.05) is 60.7 Å². The zero-order chi connectivity index (χ0) is 22.3. The van der Waals surface area contributed by atoms with E-state index in [2.05, 4.69) is 29.3 Å². The highest BCUT2D eigenvalue weighted by atomic mass is 16.3. The van der Waals surface area contributed by atoms with Crippen LogP contribution in [0.25, 0.3) is 0 Å². The summed E-state index contributed by atoms with van der Waals surface area (Å²) in [6.45, 7) is 4.65. The lowest BCUT2D eigenvalue weighted by molar-refractivity contribution is -0.122. The van der Waals surface area contributed by atoms with Crippen LogP contribution in [0, 0.1) is 0 Å². The highest BCUT2D eigenvalue weighted by Crippen LogP contribution is 2.27. The molecule has 32 heavy (non-hydrogen) atoms. The summed E-state index contributed by atoms with van der Waals surface area (Å²) < 4.78 is 0. The minimum atomic E-state index is -0.350. The maximum absolute atomic E-state index is 13.8. The first-order chi connectivity index (χ1) is 15.6. The standard InChI is InChI=1S/C28H34N2O2/c1-21-10-8-9-15-25(21)26(20-30-18-16-24(31)17-19-30)29-28(32)27(22-11-4-2-5-12-22)23-13-6-3-7-14-23/h2-7,10-15,24,26-27,31H,8-9,16-20H2,1H3,(H,29,32). The number of nitrogens with one attached hydrogen (secondary N) is 1. The molecule has 2 N–H and O–H groups in total. The van der Waals surface area contributed by atoms with Crippen molar-refractivity contribution >= 4 is 5.91 Å². The number of aliphatic hydroxyl groups excluding tert-OH is 1. The molecule has 1 atom stereocenters. The van der Waals surface area contributed by atoms with Gasteiger partial charge in [-0.05, 0) is 49.3 Å². The summed E-state index contributed by atoms with van der Waals surface area (Å²) in [5.74, 6) is -0.319. The molecular formula is C28H34N2O2. The van der Waals surface area contributed by atoms with E-state index < -0.39 is 0 Å². The topological polar surface area (TPSA) is 52.6 Å². The number of amides is 1. The van der Waals surface area contributed by atoms with Crippen molar-refractivity contribution in [3.8, 4) is 0 Å². The molecule has 0 saturated carbocycles. The van der Waals surface area contributed by atoms with Gasteiger partial charge in [-0.2, -0.15) is 0 Å². The van der Waals surface area contributed by atoms with Gasteiger partial charge in [0.2, 0.25) is 5.91 Å². The second kappa shape index (κ2) is 10.8. The van der Waals surface area contributed by atoms with Crippen LogP contribution < -0.4 is 5.32 Å².